The molecular formula is C21H22FN5O2. The summed E-state index contributed by atoms with van der Waals surface area (Å²) in [4.78, 5) is 16.6. The van der Waals surface area contributed by atoms with Gasteiger partial charge in [-0.1, -0.05) is 6.07 Å². The molecule has 0 radical (unpaired) electrons. The lowest BCUT2D eigenvalue weighted by Gasteiger charge is -2.22. The van der Waals surface area contributed by atoms with E-state index in [-0.39, 0.29) is 11.7 Å². The van der Waals surface area contributed by atoms with Crippen LogP contribution in [0.3, 0.4) is 0 Å². The summed E-state index contributed by atoms with van der Waals surface area (Å²) in [6.45, 7) is 2.24. The summed E-state index contributed by atoms with van der Waals surface area (Å²) in [5.74, 6) is 0.353. The summed E-state index contributed by atoms with van der Waals surface area (Å²) in [5, 5.41) is 10.6. The Balaban J connectivity index is 1.30. The Hall–Kier alpha value is -3.26. The number of benzene rings is 1. The average Bonchev–Trinajstić information content (AvgIpc) is 3.26. The molecule has 1 aliphatic heterocycles. The zero-order valence-corrected chi connectivity index (χ0v) is 15.8. The molecule has 1 aromatic carbocycles. The molecule has 1 saturated heterocycles. The van der Waals surface area contributed by atoms with Gasteiger partial charge in [0.25, 0.3) is 5.91 Å². The molecule has 0 aliphatic carbocycles. The smallest absolute Gasteiger partial charge is 0.272 e. The van der Waals surface area contributed by atoms with E-state index in [4.69, 9.17) is 4.74 Å². The highest BCUT2D eigenvalue weighted by molar-refractivity contribution is 5.92. The molecule has 1 amide bonds. The van der Waals surface area contributed by atoms with Crippen LogP contribution in [0.2, 0.25) is 0 Å². The number of rotatable bonds is 6. The number of nitrogens with one attached hydrogen (secondary N) is 2. The summed E-state index contributed by atoms with van der Waals surface area (Å²) in [6.07, 6.45) is 5.66. The highest BCUT2D eigenvalue weighted by Crippen LogP contribution is 2.19. The topological polar surface area (TPSA) is 81.1 Å². The molecule has 1 fully saturated rings. The minimum Gasteiger partial charge on any atom is -0.439 e. The molecule has 7 nitrogen and oxygen atoms in total. The molecule has 0 bridgehead atoms. The van der Waals surface area contributed by atoms with Crippen LogP contribution in [0.5, 0.6) is 11.6 Å². The molecule has 2 N–H and O–H groups in total. The Bertz CT molecular complexity index is 950. The monoisotopic (exact) mass is 395 g/mol. The van der Waals surface area contributed by atoms with E-state index < -0.39 is 0 Å². The first kappa shape index (κ1) is 19.1. The number of piperidine rings is 1. The van der Waals surface area contributed by atoms with Crippen molar-refractivity contribution in [3.63, 3.8) is 0 Å². The van der Waals surface area contributed by atoms with Crippen LogP contribution in [0.4, 0.5) is 4.39 Å². The summed E-state index contributed by atoms with van der Waals surface area (Å²) in [5.41, 5.74) is 1.24. The van der Waals surface area contributed by atoms with Crippen LogP contribution in [0.1, 0.15) is 34.9 Å². The Morgan fingerprint density at radius 1 is 1.24 bits per heavy atom. The summed E-state index contributed by atoms with van der Waals surface area (Å²) < 4.78 is 20.4. The summed E-state index contributed by atoms with van der Waals surface area (Å²) >= 11 is 0. The van der Waals surface area contributed by atoms with E-state index in [9.17, 15) is 9.18 Å². The molecule has 1 atom stereocenters. The molecule has 150 valence electrons. The SMILES string of the molecule is O=C(NCc1ccc(Oc2ccc(F)cc2)nc1)c1ccn(C2CCCNC2)n1. The van der Waals surface area contributed by atoms with Gasteiger partial charge in [-0.3, -0.25) is 9.48 Å². The molecule has 0 saturated carbocycles. The largest absolute Gasteiger partial charge is 0.439 e. The number of aromatic nitrogens is 3. The number of carbonyl (C=O) groups excluding carboxylic acids is 1. The second-order valence-corrected chi connectivity index (χ2v) is 6.92. The van der Waals surface area contributed by atoms with Crippen LogP contribution in [0.15, 0.2) is 54.9 Å². The maximum absolute atomic E-state index is 12.9. The van der Waals surface area contributed by atoms with E-state index in [1.54, 1.807) is 18.3 Å². The van der Waals surface area contributed by atoms with Crippen LogP contribution in [-0.2, 0) is 6.54 Å². The third-order valence-electron chi connectivity index (χ3n) is 4.77. The normalized spacial score (nSPS) is 16.4. The van der Waals surface area contributed by atoms with E-state index in [2.05, 4.69) is 20.7 Å². The summed E-state index contributed by atoms with van der Waals surface area (Å²) in [7, 11) is 0. The fourth-order valence-corrected chi connectivity index (χ4v) is 3.19. The van der Waals surface area contributed by atoms with Gasteiger partial charge in [-0.2, -0.15) is 5.10 Å². The second kappa shape index (κ2) is 8.83. The van der Waals surface area contributed by atoms with Crippen molar-refractivity contribution < 1.29 is 13.9 Å². The molecule has 8 heteroatoms. The van der Waals surface area contributed by atoms with E-state index in [1.165, 1.54) is 24.3 Å². The first-order valence-electron chi connectivity index (χ1n) is 9.60. The highest BCUT2D eigenvalue weighted by Gasteiger charge is 2.17. The van der Waals surface area contributed by atoms with E-state index in [0.29, 0.717) is 29.9 Å². The number of amides is 1. The number of nitrogens with zero attached hydrogens (tertiary/aromatic N) is 3. The Kier molecular flexibility index (Phi) is 5.81. The van der Waals surface area contributed by atoms with E-state index in [1.807, 2.05) is 16.9 Å². The maximum Gasteiger partial charge on any atom is 0.272 e. The van der Waals surface area contributed by atoms with Gasteiger partial charge in [-0.25, -0.2) is 9.37 Å². The molecule has 0 spiro atoms. The van der Waals surface area contributed by atoms with Crippen molar-refractivity contribution in [2.24, 2.45) is 0 Å². The van der Waals surface area contributed by atoms with Crippen LogP contribution in [0, 0.1) is 5.82 Å². The number of hydrogen-bond acceptors (Lipinski definition) is 5. The maximum atomic E-state index is 12.9. The van der Waals surface area contributed by atoms with Crippen LogP contribution < -0.4 is 15.4 Å². The van der Waals surface area contributed by atoms with Crippen molar-refractivity contribution >= 4 is 5.91 Å². The van der Waals surface area contributed by atoms with Gasteiger partial charge in [0.1, 0.15) is 17.3 Å². The minimum absolute atomic E-state index is 0.223. The van der Waals surface area contributed by atoms with Gasteiger partial charge in [0.15, 0.2) is 0 Å². The molecule has 3 heterocycles. The van der Waals surface area contributed by atoms with Crippen molar-refractivity contribution in [3.8, 4) is 11.6 Å². The fourth-order valence-electron chi connectivity index (χ4n) is 3.19. The van der Waals surface area contributed by atoms with Crippen molar-refractivity contribution in [1.82, 2.24) is 25.4 Å². The number of carbonyl (C=O) groups is 1. The quantitative estimate of drug-likeness (QED) is 0.671. The first-order chi connectivity index (χ1) is 14.2. The predicted octanol–water partition coefficient (Wildman–Crippen LogP) is 3.06. The van der Waals surface area contributed by atoms with Crippen molar-refractivity contribution in [1.29, 1.82) is 0 Å². The van der Waals surface area contributed by atoms with Gasteiger partial charge < -0.3 is 15.4 Å². The van der Waals surface area contributed by atoms with Gasteiger partial charge in [0.2, 0.25) is 5.88 Å². The Morgan fingerprint density at radius 2 is 2.10 bits per heavy atom. The Labute approximate surface area is 167 Å². The summed E-state index contributed by atoms with van der Waals surface area (Å²) in [6, 6.07) is 11.3. The second-order valence-electron chi connectivity index (χ2n) is 6.92. The lowest BCUT2D eigenvalue weighted by molar-refractivity contribution is 0.0944. The number of halogens is 1. The van der Waals surface area contributed by atoms with Gasteiger partial charge in [0.05, 0.1) is 6.04 Å². The fraction of sp³-hybridized carbons (Fsp3) is 0.286. The first-order valence-corrected chi connectivity index (χ1v) is 9.60. The third-order valence-corrected chi connectivity index (χ3v) is 4.77. The molecule has 29 heavy (non-hydrogen) atoms. The highest BCUT2D eigenvalue weighted by atomic mass is 19.1. The van der Waals surface area contributed by atoms with Crippen molar-refractivity contribution in [3.05, 3.63) is 71.9 Å². The van der Waals surface area contributed by atoms with Gasteiger partial charge in [0, 0.05) is 31.5 Å². The van der Waals surface area contributed by atoms with Gasteiger partial charge >= 0.3 is 0 Å². The van der Waals surface area contributed by atoms with Crippen LogP contribution in [0.25, 0.3) is 0 Å². The van der Waals surface area contributed by atoms with E-state index in [0.717, 1.165) is 31.5 Å². The molecule has 4 rings (SSSR count). The average molecular weight is 395 g/mol. The number of ether oxygens (including phenoxy) is 1. The zero-order chi connectivity index (χ0) is 20.1. The predicted molar refractivity (Wildman–Crippen MR) is 105 cm³/mol. The minimum atomic E-state index is -0.323. The molecule has 3 aromatic rings. The molecule has 1 unspecified atom stereocenters. The molecule has 2 aromatic heterocycles. The lowest BCUT2D eigenvalue weighted by Crippen LogP contribution is -2.32. The van der Waals surface area contributed by atoms with Gasteiger partial charge in [-0.05, 0) is 55.3 Å². The van der Waals surface area contributed by atoms with Crippen molar-refractivity contribution in [2.75, 3.05) is 13.1 Å². The molecular weight excluding hydrogens is 373 g/mol. The number of pyridine rings is 1. The third kappa shape index (κ3) is 4.97. The lowest BCUT2D eigenvalue weighted by atomic mass is 10.1. The van der Waals surface area contributed by atoms with Crippen molar-refractivity contribution in [2.45, 2.75) is 25.4 Å². The van der Waals surface area contributed by atoms with Crippen LogP contribution >= 0.6 is 0 Å². The standard InChI is InChI=1S/C21H22FN5O2/c22-16-4-6-18(7-5-16)29-20-8-3-15(12-24-20)13-25-21(28)19-9-11-27(26-19)17-2-1-10-23-14-17/h3-9,11-12,17,23H,1-2,10,13-14H2,(H,25,28). The Morgan fingerprint density at radius 3 is 2.83 bits per heavy atom. The zero-order valence-electron chi connectivity index (χ0n) is 15.8. The van der Waals surface area contributed by atoms with Crippen LogP contribution in [-0.4, -0.2) is 33.8 Å². The number of hydrogen-bond donors (Lipinski definition) is 2. The van der Waals surface area contributed by atoms with Gasteiger partial charge in [-0.15, -0.1) is 0 Å². The molecule has 1 aliphatic rings. The van der Waals surface area contributed by atoms with E-state index >= 15 is 0 Å².